The lowest BCUT2D eigenvalue weighted by Crippen LogP contribution is -2.57. The molecule has 1 fully saturated rings. The van der Waals surface area contributed by atoms with Gasteiger partial charge in [0.25, 0.3) is 10.1 Å². The highest BCUT2D eigenvalue weighted by Gasteiger charge is 2.39. The van der Waals surface area contributed by atoms with E-state index < -0.39 is 27.9 Å². The van der Waals surface area contributed by atoms with Crippen LogP contribution in [-0.2, 0) is 23.9 Å². The Hall–Kier alpha value is -2.95. The minimum Gasteiger partial charge on any atom is -0.442 e. The zero-order valence-corrected chi connectivity index (χ0v) is 23.0. The molecule has 0 aliphatic carbocycles. The topological polar surface area (TPSA) is 96.5 Å². The van der Waals surface area contributed by atoms with E-state index in [1.807, 2.05) is 36.4 Å². The van der Waals surface area contributed by atoms with E-state index in [9.17, 15) is 18.0 Å². The first kappa shape index (κ1) is 28.6. The highest BCUT2D eigenvalue weighted by molar-refractivity contribution is 7.85. The molecule has 2 amide bonds. The molecule has 0 radical (unpaired) electrons. The number of hydroxylamine groups is 2. The first-order valence-electron chi connectivity index (χ1n) is 12.4. The average molecular weight is 532 g/mol. The summed E-state index contributed by atoms with van der Waals surface area (Å²) in [6.07, 6.45) is -0.0389. The number of carbonyl (C=O) groups excluding carboxylic acids is 2. The largest absolute Gasteiger partial charge is 0.442 e. The summed E-state index contributed by atoms with van der Waals surface area (Å²) >= 11 is 0. The van der Waals surface area contributed by atoms with Gasteiger partial charge in [0.05, 0.1) is 12.3 Å². The van der Waals surface area contributed by atoms with E-state index in [4.69, 9.17) is 9.02 Å². The highest BCUT2D eigenvalue weighted by atomic mass is 32.2. The average Bonchev–Trinajstić information content (AvgIpc) is 2.84. The summed E-state index contributed by atoms with van der Waals surface area (Å²) < 4.78 is 34.1. The Kier molecular flexibility index (Phi) is 9.33. The van der Waals surface area contributed by atoms with Crippen LogP contribution < -0.4 is 0 Å². The van der Waals surface area contributed by atoms with Crippen LogP contribution in [0.25, 0.3) is 0 Å². The fraction of sp³-hybridized carbons (Fsp3) is 0.481. The van der Waals surface area contributed by atoms with Crippen LogP contribution in [0.15, 0.2) is 60.7 Å². The minimum absolute atomic E-state index is 0.0356. The number of ether oxygens (including phenoxy) is 1. The molecular weight excluding hydrogens is 494 g/mol. The fourth-order valence-corrected chi connectivity index (χ4v) is 4.86. The van der Waals surface area contributed by atoms with Crippen LogP contribution in [-0.4, -0.2) is 79.4 Å². The van der Waals surface area contributed by atoms with Crippen molar-refractivity contribution in [3.8, 4) is 0 Å². The molecular formula is C27H37N3O6S. The molecule has 2 aromatic carbocycles. The number of benzene rings is 2. The lowest BCUT2D eigenvalue weighted by Gasteiger charge is -2.41. The third kappa shape index (κ3) is 8.02. The molecule has 2 aromatic rings. The van der Waals surface area contributed by atoms with Gasteiger partial charge in [0.2, 0.25) is 5.91 Å². The van der Waals surface area contributed by atoms with Crippen molar-refractivity contribution in [2.24, 2.45) is 0 Å². The third-order valence-corrected chi connectivity index (χ3v) is 6.40. The summed E-state index contributed by atoms with van der Waals surface area (Å²) in [4.78, 5) is 30.3. The van der Waals surface area contributed by atoms with Gasteiger partial charge in [-0.1, -0.05) is 67.6 Å². The quantitative estimate of drug-likeness (QED) is 0.478. The van der Waals surface area contributed by atoms with Crippen LogP contribution in [0.3, 0.4) is 0 Å². The first-order valence-corrected chi connectivity index (χ1v) is 14.3. The van der Waals surface area contributed by atoms with Gasteiger partial charge in [0.1, 0.15) is 11.6 Å². The van der Waals surface area contributed by atoms with Gasteiger partial charge in [-0.3, -0.25) is 9.69 Å². The molecule has 1 aliphatic rings. The van der Waals surface area contributed by atoms with Crippen molar-refractivity contribution in [3.63, 3.8) is 0 Å². The van der Waals surface area contributed by atoms with E-state index in [1.54, 1.807) is 32.6 Å². The van der Waals surface area contributed by atoms with Crippen LogP contribution in [0.5, 0.6) is 0 Å². The summed E-state index contributed by atoms with van der Waals surface area (Å²) in [5, 5.41) is 0.562. The van der Waals surface area contributed by atoms with E-state index in [0.717, 1.165) is 17.4 Å². The Labute approximate surface area is 220 Å². The minimum atomic E-state index is -4.08. The summed E-state index contributed by atoms with van der Waals surface area (Å²) in [7, 11) is -4.08. The highest BCUT2D eigenvalue weighted by Crippen LogP contribution is 2.30. The van der Waals surface area contributed by atoms with Crippen molar-refractivity contribution in [3.05, 3.63) is 71.8 Å². The molecule has 0 bridgehead atoms. The summed E-state index contributed by atoms with van der Waals surface area (Å²) in [5.74, 6) is -0.382. The number of carbonyl (C=O) groups is 2. The Balaban J connectivity index is 1.78. The number of nitrogens with zero attached hydrogens (tertiary/aromatic N) is 3. The van der Waals surface area contributed by atoms with Gasteiger partial charge < -0.3 is 9.64 Å². The number of rotatable bonds is 8. The molecule has 37 heavy (non-hydrogen) atoms. The summed E-state index contributed by atoms with van der Waals surface area (Å²) in [6, 6.07) is 19.3. The van der Waals surface area contributed by atoms with Crippen molar-refractivity contribution in [1.82, 2.24) is 14.9 Å². The van der Waals surface area contributed by atoms with Gasteiger partial charge in [-0.25, -0.2) is 4.79 Å². The standard InChI is InChI=1S/C27H37N3O6S/c1-6-23(30(36-37(5,33)34)26(32)35-27(2,3)4)25(31)29-19-17-28(18-20-29)24(21-13-9-7-10-14-21)22-15-11-8-12-16-22/h7-16,23-24H,6,17-20H2,1-5H3/t23-/m0/s1. The SMILES string of the molecule is CC[C@@H](C(=O)N1CCN(C(c2ccccc2)c2ccccc2)CC1)N(OS(C)(=O)=O)C(=O)OC(C)(C)C. The van der Waals surface area contributed by atoms with Gasteiger partial charge >= 0.3 is 6.09 Å². The second-order valence-electron chi connectivity index (χ2n) is 10.1. The van der Waals surface area contributed by atoms with Crippen LogP contribution in [0.1, 0.15) is 51.3 Å². The van der Waals surface area contributed by atoms with Crippen LogP contribution >= 0.6 is 0 Å². The molecule has 0 N–H and O–H groups in total. The van der Waals surface area contributed by atoms with Crippen LogP contribution in [0, 0.1) is 0 Å². The number of amides is 2. The second-order valence-corrected chi connectivity index (χ2v) is 11.7. The molecule has 1 aliphatic heterocycles. The molecule has 0 unspecified atom stereocenters. The molecule has 10 heteroatoms. The number of hydrogen-bond donors (Lipinski definition) is 0. The number of piperazine rings is 1. The maximum Gasteiger partial charge on any atom is 0.436 e. The Bertz CT molecular complexity index is 1100. The zero-order valence-electron chi connectivity index (χ0n) is 22.2. The Morgan fingerprint density at radius 3 is 1.81 bits per heavy atom. The predicted molar refractivity (Wildman–Crippen MR) is 141 cm³/mol. The molecule has 1 atom stereocenters. The monoisotopic (exact) mass is 531 g/mol. The summed E-state index contributed by atoms with van der Waals surface area (Å²) in [5.41, 5.74) is 1.43. The molecule has 0 spiro atoms. The maximum atomic E-state index is 13.5. The molecule has 0 aromatic heterocycles. The van der Waals surface area contributed by atoms with Crippen molar-refractivity contribution in [1.29, 1.82) is 0 Å². The lowest BCUT2D eigenvalue weighted by molar-refractivity contribution is -0.153. The number of hydrogen-bond acceptors (Lipinski definition) is 7. The van der Waals surface area contributed by atoms with Gasteiger partial charge in [-0.05, 0) is 38.3 Å². The smallest absolute Gasteiger partial charge is 0.436 e. The van der Waals surface area contributed by atoms with Crippen LogP contribution in [0.4, 0.5) is 4.79 Å². The van der Waals surface area contributed by atoms with E-state index in [-0.39, 0.29) is 18.4 Å². The molecule has 0 saturated carbocycles. The van der Waals surface area contributed by atoms with E-state index in [1.165, 1.54) is 0 Å². The summed E-state index contributed by atoms with van der Waals surface area (Å²) in [6.45, 7) is 8.72. The Morgan fingerprint density at radius 1 is 0.919 bits per heavy atom. The predicted octanol–water partition coefficient (Wildman–Crippen LogP) is 3.83. The van der Waals surface area contributed by atoms with Crippen molar-refractivity contribution >= 4 is 22.1 Å². The van der Waals surface area contributed by atoms with E-state index >= 15 is 0 Å². The molecule has 9 nitrogen and oxygen atoms in total. The first-order chi connectivity index (χ1) is 17.4. The molecule has 1 heterocycles. The van der Waals surface area contributed by atoms with Crippen molar-refractivity contribution in [2.45, 2.75) is 51.8 Å². The molecule has 1 saturated heterocycles. The van der Waals surface area contributed by atoms with E-state index in [2.05, 4.69) is 29.2 Å². The Morgan fingerprint density at radius 2 is 1.41 bits per heavy atom. The molecule has 3 rings (SSSR count). The van der Waals surface area contributed by atoms with Gasteiger partial charge in [-0.15, -0.1) is 4.28 Å². The third-order valence-electron chi connectivity index (χ3n) is 5.97. The fourth-order valence-electron chi connectivity index (χ4n) is 4.40. The molecule has 202 valence electrons. The van der Waals surface area contributed by atoms with E-state index in [0.29, 0.717) is 31.2 Å². The normalized spacial score (nSPS) is 15.9. The van der Waals surface area contributed by atoms with Gasteiger partial charge in [0.15, 0.2) is 0 Å². The van der Waals surface area contributed by atoms with Gasteiger partial charge in [0, 0.05) is 26.2 Å². The maximum absolute atomic E-state index is 13.5. The van der Waals surface area contributed by atoms with Crippen molar-refractivity contribution < 1.29 is 27.0 Å². The lowest BCUT2D eigenvalue weighted by atomic mass is 9.96. The van der Waals surface area contributed by atoms with Crippen LogP contribution in [0.2, 0.25) is 0 Å². The zero-order chi connectivity index (χ0) is 27.2. The van der Waals surface area contributed by atoms with Gasteiger partial charge in [-0.2, -0.15) is 13.5 Å². The second kappa shape index (κ2) is 12.1. The van der Waals surface area contributed by atoms with Crippen molar-refractivity contribution in [2.75, 3.05) is 32.4 Å².